The average Bonchev–Trinajstić information content (AvgIpc) is 2.26. The van der Waals surface area contributed by atoms with Crippen LogP contribution in [0.15, 0.2) is 41.3 Å². The highest BCUT2D eigenvalue weighted by Gasteiger charge is 2.15. The molecular weight excluding hydrogens is 226 g/mol. The number of carbonyl (C=O) groups is 1. The quantitative estimate of drug-likeness (QED) is 0.797. The molecule has 0 amide bonds. The molecular formula is C11H9NO3S. The van der Waals surface area contributed by atoms with Gasteiger partial charge in [0.2, 0.25) is 10.0 Å². The second-order valence-corrected chi connectivity index (χ2v) is 4.89. The van der Waals surface area contributed by atoms with Gasteiger partial charge in [0, 0.05) is 5.56 Å². The molecule has 2 rings (SSSR count). The van der Waals surface area contributed by atoms with E-state index in [-0.39, 0.29) is 10.5 Å². The van der Waals surface area contributed by atoms with Crippen molar-refractivity contribution in [2.75, 3.05) is 0 Å². The number of hydrogen-bond donors (Lipinski definition) is 1. The first-order chi connectivity index (χ1) is 7.54. The minimum absolute atomic E-state index is 0.112. The number of fused-ring (bicyclic) bond motifs is 1. The summed E-state index contributed by atoms with van der Waals surface area (Å²) in [4.78, 5) is 10.8. The first kappa shape index (κ1) is 10.8. The van der Waals surface area contributed by atoms with Gasteiger partial charge in [0.15, 0.2) is 6.29 Å². The number of benzene rings is 2. The third kappa shape index (κ3) is 1.70. The highest BCUT2D eigenvalue weighted by Crippen LogP contribution is 2.23. The number of aldehydes is 1. The van der Waals surface area contributed by atoms with E-state index in [2.05, 4.69) is 0 Å². The summed E-state index contributed by atoms with van der Waals surface area (Å²) in [5.41, 5.74) is 0.112. The summed E-state index contributed by atoms with van der Waals surface area (Å²) in [5.74, 6) is 0. The van der Waals surface area contributed by atoms with Crippen LogP contribution >= 0.6 is 0 Å². The van der Waals surface area contributed by atoms with E-state index in [0.717, 1.165) is 5.39 Å². The number of sulfonamides is 1. The van der Waals surface area contributed by atoms with Gasteiger partial charge in [0.05, 0.1) is 4.90 Å². The van der Waals surface area contributed by atoms with E-state index in [1.807, 2.05) is 6.07 Å². The van der Waals surface area contributed by atoms with Crippen LogP contribution in [0, 0.1) is 0 Å². The number of carbonyl (C=O) groups excluding carboxylic acids is 1. The van der Waals surface area contributed by atoms with Gasteiger partial charge in [0.25, 0.3) is 0 Å². The molecule has 0 aliphatic carbocycles. The number of nitrogens with two attached hydrogens (primary N) is 1. The summed E-state index contributed by atoms with van der Waals surface area (Å²) < 4.78 is 22.6. The molecule has 0 aliphatic heterocycles. The molecule has 5 heteroatoms. The number of primary sulfonamides is 1. The fourth-order valence-corrected chi connectivity index (χ4v) is 2.37. The predicted octanol–water partition coefficient (Wildman–Crippen LogP) is 1.30. The van der Waals surface area contributed by atoms with Crippen molar-refractivity contribution in [3.8, 4) is 0 Å². The Balaban J connectivity index is 2.94. The minimum atomic E-state index is -3.87. The normalized spacial score (nSPS) is 11.6. The van der Waals surface area contributed by atoms with Gasteiger partial charge >= 0.3 is 0 Å². The molecule has 0 bridgehead atoms. The van der Waals surface area contributed by atoms with Crippen LogP contribution < -0.4 is 5.14 Å². The van der Waals surface area contributed by atoms with Gasteiger partial charge in [-0.3, -0.25) is 4.79 Å². The van der Waals surface area contributed by atoms with Crippen molar-refractivity contribution in [1.82, 2.24) is 0 Å². The van der Waals surface area contributed by atoms with Crippen LogP contribution in [-0.4, -0.2) is 14.7 Å². The largest absolute Gasteiger partial charge is 0.298 e. The van der Waals surface area contributed by atoms with E-state index in [1.54, 1.807) is 24.3 Å². The lowest BCUT2D eigenvalue weighted by Crippen LogP contribution is -2.14. The zero-order valence-electron chi connectivity index (χ0n) is 8.25. The lowest BCUT2D eigenvalue weighted by atomic mass is 10.1. The van der Waals surface area contributed by atoms with Gasteiger partial charge in [-0.1, -0.05) is 30.3 Å². The maximum absolute atomic E-state index is 11.3. The number of hydrogen-bond acceptors (Lipinski definition) is 3. The molecule has 2 aromatic carbocycles. The van der Waals surface area contributed by atoms with Gasteiger partial charge in [-0.2, -0.15) is 0 Å². The Bertz CT molecular complexity index is 662. The monoisotopic (exact) mass is 235 g/mol. The molecule has 0 heterocycles. The van der Waals surface area contributed by atoms with Crippen molar-refractivity contribution in [2.45, 2.75) is 4.90 Å². The highest BCUT2D eigenvalue weighted by molar-refractivity contribution is 7.89. The zero-order valence-corrected chi connectivity index (χ0v) is 9.07. The van der Waals surface area contributed by atoms with E-state index in [4.69, 9.17) is 5.14 Å². The van der Waals surface area contributed by atoms with E-state index in [1.165, 1.54) is 6.07 Å². The SMILES string of the molecule is NS(=O)(=O)c1ccc2ccccc2c1C=O. The lowest BCUT2D eigenvalue weighted by molar-refractivity contribution is 0.112. The van der Waals surface area contributed by atoms with Gasteiger partial charge in [-0.05, 0) is 16.8 Å². The summed E-state index contributed by atoms with van der Waals surface area (Å²) in [5, 5.41) is 6.43. The summed E-state index contributed by atoms with van der Waals surface area (Å²) >= 11 is 0. The fourth-order valence-electron chi connectivity index (χ4n) is 1.65. The molecule has 0 unspecified atom stereocenters. The third-order valence-electron chi connectivity index (χ3n) is 2.36. The van der Waals surface area contributed by atoms with Gasteiger partial charge in [-0.15, -0.1) is 0 Å². The lowest BCUT2D eigenvalue weighted by Gasteiger charge is -2.05. The topological polar surface area (TPSA) is 77.2 Å². The van der Waals surface area contributed by atoms with Crippen molar-refractivity contribution in [3.05, 3.63) is 42.0 Å². The van der Waals surface area contributed by atoms with E-state index in [9.17, 15) is 13.2 Å². The summed E-state index contributed by atoms with van der Waals surface area (Å²) in [6, 6.07) is 10.0. The molecule has 0 saturated heterocycles. The van der Waals surface area contributed by atoms with Gasteiger partial charge in [-0.25, -0.2) is 13.6 Å². The van der Waals surface area contributed by atoms with E-state index < -0.39 is 10.0 Å². The van der Waals surface area contributed by atoms with E-state index >= 15 is 0 Å². The fraction of sp³-hybridized carbons (Fsp3) is 0. The van der Waals surface area contributed by atoms with Crippen molar-refractivity contribution in [1.29, 1.82) is 0 Å². The Morgan fingerprint density at radius 1 is 1.06 bits per heavy atom. The van der Waals surface area contributed by atoms with Crippen LogP contribution in [0.5, 0.6) is 0 Å². The van der Waals surface area contributed by atoms with Crippen molar-refractivity contribution in [2.24, 2.45) is 5.14 Å². The Hall–Kier alpha value is -1.72. The van der Waals surface area contributed by atoms with Crippen molar-refractivity contribution in [3.63, 3.8) is 0 Å². The molecule has 4 nitrogen and oxygen atoms in total. The van der Waals surface area contributed by atoms with E-state index in [0.29, 0.717) is 11.7 Å². The van der Waals surface area contributed by atoms with Crippen molar-refractivity contribution < 1.29 is 13.2 Å². The maximum atomic E-state index is 11.3. The first-order valence-corrected chi connectivity index (χ1v) is 6.08. The van der Waals surface area contributed by atoms with Gasteiger partial charge in [0.1, 0.15) is 0 Å². The second kappa shape index (κ2) is 3.70. The van der Waals surface area contributed by atoms with Crippen LogP contribution in [0.2, 0.25) is 0 Å². The molecule has 2 aromatic rings. The standard InChI is InChI=1S/C11H9NO3S/c12-16(14,15)11-6-5-8-3-1-2-4-9(8)10(11)7-13/h1-7H,(H2,12,14,15). The molecule has 0 radical (unpaired) electrons. The van der Waals surface area contributed by atoms with Crippen LogP contribution in [0.25, 0.3) is 10.8 Å². The third-order valence-corrected chi connectivity index (χ3v) is 3.32. The average molecular weight is 235 g/mol. The summed E-state index contributed by atoms with van der Waals surface area (Å²) in [6.07, 6.45) is 0.516. The molecule has 0 fully saturated rings. The Morgan fingerprint density at radius 3 is 2.38 bits per heavy atom. The van der Waals surface area contributed by atoms with Crippen LogP contribution in [0.3, 0.4) is 0 Å². The van der Waals surface area contributed by atoms with Crippen LogP contribution in [-0.2, 0) is 10.0 Å². The first-order valence-electron chi connectivity index (χ1n) is 4.54. The van der Waals surface area contributed by atoms with Crippen LogP contribution in [0.1, 0.15) is 10.4 Å². The highest BCUT2D eigenvalue weighted by atomic mass is 32.2. The Kier molecular flexibility index (Phi) is 2.49. The Labute approximate surface area is 92.7 Å². The molecule has 16 heavy (non-hydrogen) atoms. The summed E-state index contributed by atoms with van der Waals surface area (Å²) in [6.45, 7) is 0. The Morgan fingerprint density at radius 2 is 1.75 bits per heavy atom. The van der Waals surface area contributed by atoms with Gasteiger partial charge < -0.3 is 0 Å². The maximum Gasteiger partial charge on any atom is 0.238 e. The molecule has 82 valence electrons. The zero-order chi connectivity index (χ0) is 11.8. The molecule has 0 aliphatic rings. The minimum Gasteiger partial charge on any atom is -0.298 e. The smallest absolute Gasteiger partial charge is 0.238 e. The number of rotatable bonds is 2. The molecule has 2 N–H and O–H groups in total. The van der Waals surface area contributed by atoms with Crippen molar-refractivity contribution >= 4 is 27.1 Å². The molecule has 0 aromatic heterocycles. The molecule has 0 atom stereocenters. The molecule has 0 spiro atoms. The predicted molar refractivity (Wildman–Crippen MR) is 60.7 cm³/mol. The second-order valence-electron chi connectivity index (χ2n) is 3.36. The summed E-state index contributed by atoms with van der Waals surface area (Å²) in [7, 11) is -3.87. The molecule has 0 saturated carbocycles. The van der Waals surface area contributed by atoms with Crippen LogP contribution in [0.4, 0.5) is 0 Å².